The molecule has 18 nitrogen and oxygen atoms in total. The summed E-state index contributed by atoms with van der Waals surface area (Å²) in [5, 5.41) is 11.0. The maximum atomic E-state index is 12.1. The van der Waals surface area contributed by atoms with E-state index < -0.39 is 116 Å². The second-order valence-electron chi connectivity index (χ2n) is 9.68. The van der Waals surface area contributed by atoms with Gasteiger partial charge in [-0.05, 0) is 0 Å². The van der Waals surface area contributed by atoms with Crippen LogP contribution in [0.2, 0.25) is 0 Å². The summed E-state index contributed by atoms with van der Waals surface area (Å²) >= 11 is 0. The lowest BCUT2D eigenvalue weighted by molar-refractivity contribution is -0.363. The Balaban J connectivity index is 2.59. The Morgan fingerprint density at radius 3 is 1.20 bits per heavy atom. The molecule has 2 fully saturated rings. The summed E-state index contributed by atoms with van der Waals surface area (Å²) in [5.41, 5.74) is 0. The normalized spacial score (nSPS) is 31.5. The van der Waals surface area contributed by atoms with Gasteiger partial charge in [0.15, 0.2) is 49.2 Å². The van der Waals surface area contributed by atoms with Crippen molar-refractivity contribution >= 4 is 41.8 Å². The number of hydrogen-bond acceptors (Lipinski definition) is 18. The zero-order valence-electron chi connectivity index (χ0n) is 25.1. The van der Waals surface area contributed by atoms with Crippen molar-refractivity contribution in [2.45, 2.75) is 110 Å². The molecule has 0 amide bonds. The van der Waals surface area contributed by atoms with Crippen molar-refractivity contribution in [1.29, 1.82) is 0 Å². The predicted molar refractivity (Wildman–Crippen MR) is 135 cm³/mol. The minimum absolute atomic E-state index is 0.534. The van der Waals surface area contributed by atoms with Crippen molar-refractivity contribution in [1.82, 2.24) is 0 Å². The Kier molecular flexibility index (Phi) is 13.4. The topological polar surface area (TPSA) is 232 Å². The lowest BCUT2D eigenvalue weighted by Gasteiger charge is -2.47. The van der Waals surface area contributed by atoms with Crippen LogP contribution in [-0.2, 0) is 80.9 Å². The van der Waals surface area contributed by atoms with Crippen LogP contribution in [-0.4, -0.2) is 122 Å². The highest BCUT2D eigenvalue weighted by Gasteiger charge is 2.57. The summed E-state index contributed by atoms with van der Waals surface area (Å²) < 4.78 is 53.9. The molecule has 0 bridgehead atoms. The smallest absolute Gasteiger partial charge is 0.303 e. The first kappa shape index (κ1) is 36.3. The van der Waals surface area contributed by atoms with Gasteiger partial charge in [0.05, 0.1) is 0 Å². The average molecular weight is 637 g/mol. The highest BCUT2D eigenvalue weighted by Crippen LogP contribution is 2.34. The van der Waals surface area contributed by atoms with Crippen LogP contribution in [0.3, 0.4) is 0 Å². The van der Waals surface area contributed by atoms with Crippen LogP contribution in [0.25, 0.3) is 0 Å². The first-order chi connectivity index (χ1) is 20.5. The SMILES string of the molecule is CC(=O)OC[C@H]1O[C@@H](O[C@H]2C(O)O[C@H](COC(C)=O)[C@@H](OC(C)=O)[C@@H]2OC(C)=O)[C@H](OC(C)=O)[C@@H](OC(C)=O)[C@H]1OC(C)=O. The van der Waals surface area contributed by atoms with Crippen LogP contribution in [0.5, 0.6) is 0 Å². The van der Waals surface area contributed by atoms with E-state index >= 15 is 0 Å². The second-order valence-corrected chi connectivity index (χ2v) is 9.68. The van der Waals surface area contributed by atoms with Crippen LogP contribution in [0, 0.1) is 0 Å². The molecule has 0 aromatic rings. The van der Waals surface area contributed by atoms with Gasteiger partial charge in [-0.25, -0.2) is 0 Å². The van der Waals surface area contributed by atoms with Gasteiger partial charge >= 0.3 is 41.8 Å². The molecule has 44 heavy (non-hydrogen) atoms. The van der Waals surface area contributed by atoms with Crippen molar-refractivity contribution in [3.8, 4) is 0 Å². The number of aliphatic hydroxyl groups is 1. The maximum absolute atomic E-state index is 12.1. The van der Waals surface area contributed by atoms with Crippen LogP contribution in [0.15, 0.2) is 0 Å². The minimum atomic E-state index is -1.99. The van der Waals surface area contributed by atoms with E-state index in [1.54, 1.807) is 0 Å². The van der Waals surface area contributed by atoms with Crippen LogP contribution < -0.4 is 0 Å². The molecule has 0 saturated carbocycles. The third-order valence-corrected chi connectivity index (χ3v) is 5.90. The molecule has 2 heterocycles. The third kappa shape index (κ3) is 10.7. The van der Waals surface area contributed by atoms with Crippen LogP contribution in [0.4, 0.5) is 0 Å². The molecule has 1 unspecified atom stereocenters. The van der Waals surface area contributed by atoms with Crippen LogP contribution >= 0.6 is 0 Å². The van der Waals surface area contributed by atoms with Gasteiger partial charge in [0, 0.05) is 48.5 Å². The van der Waals surface area contributed by atoms with Gasteiger partial charge in [0.2, 0.25) is 0 Å². The summed E-state index contributed by atoms with van der Waals surface area (Å²) in [4.78, 5) is 83.3. The number of esters is 7. The third-order valence-electron chi connectivity index (χ3n) is 5.90. The zero-order chi connectivity index (χ0) is 33.3. The highest BCUT2D eigenvalue weighted by molar-refractivity contribution is 5.69. The predicted octanol–water partition coefficient (Wildman–Crippen LogP) is -1.40. The Hall–Kier alpha value is -3.87. The van der Waals surface area contributed by atoms with Gasteiger partial charge in [-0.2, -0.15) is 0 Å². The largest absolute Gasteiger partial charge is 0.463 e. The number of hydrogen-bond donors (Lipinski definition) is 1. The molecule has 2 rings (SSSR count). The minimum Gasteiger partial charge on any atom is -0.463 e. The quantitative estimate of drug-likeness (QED) is 0.203. The van der Waals surface area contributed by atoms with E-state index in [0.717, 1.165) is 48.5 Å². The lowest BCUT2D eigenvalue weighted by atomic mass is 9.96. The van der Waals surface area contributed by atoms with E-state index in [0.29, 0.717) is 0 Å². The monoisotopic (exact) mass is 636 g/mol. The molecule has 18 heteroatoms. The molecule has 10 atom stereocenters. The summed E-state index contributed by atoms with van der Waals surface area (Å²) in [6.07, 6.45) is -16.3. The molecule has 0 spiro atoms. The van der Waals surface area contributed by atoms with Gasteiger partial charge in [0.25, 0.3) is 0 Å². The number of ether oxygens (including phenoxy) is 10. The molecule has 0 aromatic carbocycles. The number of carbonyl (C=O) groups excluding carboxylic acids is 7. The Bertz CT molecular complexity index is 1090. The van der Waals surface area contributed by atoms with Crippen molar-refractivity contribution in [2.24, 2.45) is 0 Å². The van der Waals surface area contributed by atoms with E-state index in [4.69, 9.17) is 47.4 Å². The lowest BCUT2D eigenvalue weighted by Crippen LogP contribution is -2.67. The second kappa shape index (κ2) is 16.3. The standard InChI is InChI=1S/C26H36O18/c1-10(27)35-8-17-19(37-12(3)29)21(39-14(5)31)23(25(34)42-17)44-26-24(41-16(7)33)22(40-15(6)32)20(38-13(4)30)18(43-26)9-36-11(2)28/h17-26,34H,8-9H2,1-7H3/t17-,18-,19-,20+,21+,22+,23-,24-,25?,26+/m1/s1. The Labute approximate surface area is 251 Å². The fraction of sp³-hybridized carbons (Fsp3) is 0.731. The summed E-state index contributed by atoms with van der Waals surface area (Å²) in [6, 6.07) is 0. The fourth-order valence-electron chi connectivity index (χ4n) is 4.49. The van der Waals surface area contributed by atoms with E-state index in [-0.39, 0.29) is 0 Å². The first-order valence-electron chi connectivity index (χ1n) is 13.3. The van der Waals surface area contributed by atoms with Gasteiger partial charge < -0.3 is 52.5 Å². The highest BCUT2D eigenvalue weighted by atomic mass is 16.8. The van der Waals surface area contributed by atoms with Gasteiger partial charge in [-0.3, -0.25) is 33.6 Å². The molecule has 2 aliphatic rings. The fourth-order valence-corrected chi connectivity index (χ4v) is 4.49. The molecule has 0 aliphatic carbocycles. The van der Waals surface area contributed by atoms with E-state index in [1.165, 1.54) is 0 Å². The van der Waals surface area contributed by atoms with Gasteiger partial charge in [-0.1, -0.05) is 0 Å². The first-order valence-corrected chi connectivity index (χ1v) is 13.3. The Morgan fingerprint density at radius 1 is 0.477 bits per heavy atom. The zero-order valence-corrected chi connectivity index (χ0v) is 25.1. The molecular weight excluding hydrogens is 600 g/mol. The molecule has 2 aliphatic heterocycles. The van der Waals surface area contributed by atoms with E-state index in [9.17, 15) is 38.7 Å². The van der Waals surface area contributed by atoms with Crippen molar-refractivity contribution in [3.05, 3.63) is 0 Å². The maximum Gasteiger partial charge on any atom is 0.303 e. The molecular formula is C26H36O18. The Morgan fingerprint density at radius 2 is 0.818 bits per heavy atom. The van der Waals surface area contributed by atoms with E-state index in [2.05, 4.69) is 0 Å². The molecule has 0 radical (unpaired) electrons. The van der Waals surface area contributed by atoms with Crippen molar-refractivity contribution in [2.75, 3.05) is 13.2 Å². The summed E-state index contributed by atoms with van der Waals surface area (Å²) in [5.74, 6) is -5.97. The number of rotatable bonds is 11. The summed E-state index contributed by atoms with van der Waals surface area (Å²) in [6.45, 7) is 6.19. The van der Waals surface area contributed by atoms with E-state index in [1.807, 2.05) is 0 Å². The summed E-state index contributed by atoms with van der Waals surface area (Å²) in [7, 11) is 0. The molecule has 1 N–H and O–H groups in total. The van der Waals surface area contributed by atoms with Gasteiger partial charge in [0.1, 0.15) is 25.4 Å². The molecule has 248 valence electrons. The van der Waals surface area contributed by atoms with Crippen LogP contribution in [0.1, 0.15) is 48.5 Å². The molecule has 2 saturated heterocycles. The van der Waals surface area contributed by atoms with Crippen molar-refractivity contribution < 1.29 is 86.0 Å². The number of aliphatic hydroxyl groups excluding tert-OH is 1. The van der Waals surface area contributed by atoms with Gasteiger partial charge in [-0.15, -0.1) is 0 Å². The average Bonchev–Trinajstić information content (AvgIpc) is 2.87. The van der Waals surface area contributed by atoms with Crippen molar-refractivity contribution in [3.63, 3.8) is 0 Å². The number of carbonyl (C=O) groups is 7. The molecule has 0 aromatic heterocycles.